The van der Waals surface area contributed by atoms with Crippen LogP contribution in [0.1, 0.15) is 35.8 Å². The van der Waals surface area contributed by atoms with Crippen molar-refractivity contribution >= 4 is 11.7 Å². The largest absolute Gasteiger partial charge is 0.478 e. The van der Waals surface area contributed by atoms with Crippen LogP contribution in [0.3, 0.4) is 0 Å². The van der Waals surface area contributed by atoms with E-state index in [1.54, 1.807) is 6.07 Å². The van der Waals surface area contributed by atoms with E-state index in [-0.39, 0.29) is 11.6 Å². The molecule has 0 saturated heterocycles. The summed E-state index contributed by atoms with van der Waals surface area (Å²) in [5.41, 5.74) is -0.593. The molecule has 0 aliphatic carbocycles. The fourth-order valence-corrected chi connectivity index (χ4v) is 1.83. The molecule has 0 fully saturated rings. The van der Waals surface area contributed by atoms with Crippen molar-refractivity contribution in [1.82, 2.24) is 9.78 Å². The zero-order valence-electron chi connectivity index (χ0n) is 11.3. The van der Waals surface area contributed by atoms with E-state index in [0.29, 0.717) is 11.8 Å². The Kier molecular flexibility index (Phi) is 3.70. The predicted molar refractivity (Wildman–Crippen MR) is 71.2 cm³/mol. The summed E-state index contributed by atoms with van der Waals surface area (Å²) in [6.07, 6.45) is 1.47. The van der Waals surface area contributed by atoms with E-state index < -0.39 is 28.0 Å². The molecule has 1 heterocycles. The Hall–Kier alpha value is -2.77. The summed E-state index contributed by atoms with van der Waals surface area (Å²) in [4.78, 5) is 21.2. The van der Waals surface area contributed by atoms with Gasteiger partial charge in [0.2, 0.25) is 0 Å². The number of carbonyl (C=O) groups is 1. The van der Waals surface area contributed by atoms with Gasteiger partial charge in [-0.15, -0.1) is 0 Å². The van der Waals surface area contributed by atoms with Gasteiger partial charge in [-0.3, -0.25) is 10.1 Å². The van der Waals surface area contributed by atoms with Crippen LogP contribution in [0.15, 0.2) is 24.4 Å². The Morgan fingerprint density at radius 1 is 1.48 bits per heavy atom. The molecular formula is C13H12FN3O4. The standard InChI is InChI=1S/C13H12FN3O4/c1-7(2)10-3-4-16(15-10)11-5-8(13(18)19)9(14)6-12(11)17(20)21/h3-7H,1-2H3,(H,18,19). The number of nitrogens with zero attached hydrogens (tertiary/aromatic N) is 3. The molecule has 7 nitrogen and oxygen atoms in total. The minimum absolute atomic E-state index is 0.0919. The van der Waals surface area contributed by atoms with Crippen molar-refractivity contribution in [3.8, 4) is 5.69 Å². The highest BCUT2D eigenvalue weighted by Crippen LogP contribution is 2.27. The second-order valence-electron chi connectivity index (χ2n) is 4.72. The topological polar surface area (TPSA) is 98.3 Å². The van der Waals surface area contributed by atoms with E-state index in [0.717, 1.165) is 6.07 Å². The average Bonchev–Trinajstić information content (AvgIpc) is 2.87. The average molecular weight is 293 g/mol. The summed E-state index contributed by atoms with van der Waals surface area (Å²) in [5, 5.41) is 24.1. The van der Waals surface area contributed by atoms with Gasteiger partial charge in [0.25, 0.3) is 5.69 Å². The maximum absolute atomic E-state index is 13.6. The summed E-state index contributed by atoms with van der Waals surface area (Å²) in [6.45, 7) is 3.79. The summed E-state index contributed by atoms with van der Waals surface area (Å²) in [5.74, 6) is -2.56. The molecule has 110 valence electrons. The van der Waals surface area contributed by atoms with Gasteiger partial charge in [0.1, 0.15) is 11.5 Å². The van der Waals surface area contributed by atoms with Gasteiger partial charge in [-0.1, -0.05) is 13.8 Å². The lowest BCUT2D eigenvalue weighted by atomic mass is 10.1. The summed E-state index contributed by atoms with van der Waals surface area (Å²) in [7, 11) is 0. The van der Waals surface area contributed by atoms with Crippen molar-refractivity contribution in [2.45, 2.75) is 19.8 Å². The Balaban J connectivity index is 2.66. The number of halogens is 1. The lowest BCUT2D eigenvalue weighted by Gasteiger charge is -2.06. The molecule has 0 amide bonds. The number of hydrogen-bond donors (Lipinski definition) is 1. The monoisotopic (exact) mass is 293 g/mol. The molecule has 8 heteroatoms. The minimum atomic E-state index is -1.50. The minimum Gasteiger partial charge on any atom is -0.478 e. The Labute approximate surface area is 118 Å². The molecule has 21 heavy (non-hydrogen) atoms. The summed E-state index contributed by atoms with van der Waals surface area (Å²) < 4.78 is 14.8. The van der Waals surface area contributed by atoms with Crippen molar-refractivity contribution in [2.24, 2.45) is 0 Å². The lowest BCUT2D eigenvalue weighted by molar-refractivity contribution is -0.384. The van der Waals surface area contributed by atoms with Crippen LogP contribution in [0.25, 0.3) is 5.69 Å². The van der Waals surface area contributed by atoms with E-state index in [2.05, 4.69) is 5.10 Å². The lowest BCUT2D eigenvalue weighted by Crippen LogP contribution is -2.07. The Morgan fingerprint density at radius 2 is 2.14 bits per heavy atom. The van der Waals surface area contributed by atoms with Crippen molar-refractivity contribution in [2.75, 3.05) is 0 Å². The number of nitro groups is 1. The van der Waals surface area contributed by atoms with E-state index in [1.807, 2.05) is 13.8 Å². The number of rotatable bonds is 4. The molecule has 0 saturated carbocycles. The quantitative estimate of drug-likeness (QED) is 0.690. The molecule has 2 aromatic rings. The second-order valence-corrected chi connectivity index (χ2v) is 4.72. The van der Waals surface area contributed by atoms with Gasteiger partial charge in [0.05, 0.1) is 22.2 Å². The van der Waals surface area contributed by atoms with Crippen LogP contribution in [0.5, 0.6) is 0 Å². The number of carboxylic acids is 1. The van der Waals surface area contributed by atoms with Crippen LogP contribution in [-0.2, 0) is 0 Å². The highest BCUT2D eigenvalue weighted by molar-refractivity contribution is 5.89. The molecule has 0 spiro atoms. The molecule has 0 unspecified atom stereocenters. The van der Waals surface area contributed by atoms with Crippen LogP contribution >= 0.6 is 0 Å². The Bertz CT molecular complexity index is 724. The molecule has 2 rings (SSSR count). The summed E-state index contributed by atoms with van der Waals surface area (Å²) >= 11 is 0. The van der Waals surface area contributed by atoms with E-state index in [4.69, 9.17) is 5.11 Å². The van der Waals surface area contributed by atoms with Crippen LogP contribution < -0.4 is 0 Å². The van der Waals surface area contributed by atoms with Gasteiger partial charge < -0.3 is 5.11 Å². The van der Waals surface area contributed by atoms with Crippen molar-refractivity contribution < 1.29 is 19.2 Å². The number of hydrogen-bond acceptors (Lipinski definition) is 4. The highest BCUT2D eigenvalue weighted by atomic mass is 19.1. The normalized spacial score (nSPS) is 10.9. The third-order valence-corrected chi connectivity index (χ3v) is 2.94. The van der Waals surface area contributed by atoms with Gasteiger partial charge >= 0.3 is 5.97 Å². The second kappa shape index (κ2) is 5.31. The fourth-order valence-electron chi connectivity index (χ4n) is 1.83. The van der Waals surface area contributed by atoms with Gasteiger partial charge in [-0.2, -0.15) is 5.10 Å². The smallest absolute Gasteiger partial charge is 0.338 e. The van der Waals surface area contributed by atoms with Gasteiger partial charge in [0.15, 0.2) is 0 Å². The molecule has 0 atom stereocenters. The first kappa shape index (κ1) is 14.6. The maximum Gasteiger partial charge on any atom is 0.338 e. The maximum atomic E-state index is 13.6. The number of aromatic carboxylic acids is 1. The molecular weight excluding hydrogens is 281 g/mol. The molecule has 0 bridgehead atoms. The molecule has 1 aromatic heterocycles. The van der Waals surface area contributed by atoms with Gasteiger partial charge in [-0.25, -0.2) is 13.9 Å². The van der Waals surface area contributed by atoms with Crippen LogP contribution in [0.4, 0.5) is 10.1 Å². The number of nitro benzene ring substituents is 1. The van der Waals surface area contributed by atoms with Gasteiger partial charge in [0, 0.05) is 6.20 Å². The van der Waals surface area contributed by atoms with Crippen LogP contribution in [0, 0.1) is 15.9 Å². The van der Waals surface area contributed by atoms with Crippen LogP contribution in [-0.4, -0.2) is 25.8 Å². The van der Waals surface area contributed by atoms with Crippen molar-refractivity contribution in [3.05, 3.63) is 51.6 Å². The van der Waals surface area contributed by atoms with E-state index in [1.165, 1.54) is 10.9 Å². The van der Waals surface area contributed by atoms with E-state index in [9.17, 15) is 19.3 Å². The number of benzene rings is 1. The van der Waals surface area contributed by atoms with Crippen molar-refractivity contribution in [3.63, 3.8) is 0 Å². The molecule has 0 aliphatic heterocycles. The highest BCUT2D eigenvalue weighted by Gasteiger charge is 2.23. The Morgan fingerprint density at radius 3 is 2.62 bits per heavy atom. The molecule has 0 aliphatic rings. The number of carboxylic acid groups (broad SMARTS) is 1. The summed E-state index contributed by atoms with van der Waals surface area (Å²) in [6, 6.07) is 3.17. The first-order valence-corrected chi connectivity index (χ1v) is 6.08. The van der Waals surface area contributed by atoms with Crippen LogP contribution in [0.2, 0.25) is 0 Å². The third kappa shape index (κ3) is 2.73. The van der Waals surface area contributed by atoms with Gasteiger partial charge in [-0.05, 0) is 18.1 Å². The zero-order valence-corrected chi connectivity index (χ0v) is 11.3. The SMILES string of the molecule is CC(C)c1ccn(-c2cc(C(=O)O)c(F)cc2[N+](=O)[O-])n1. The first-order valence-electron chi connectivity index (χ1n) is 6.08. The zero-order chi connectivity index (χ0) is 15.7. The molecule has 0 radical (unpaired) electrons. The molecule has 1 aromatic carbocycles. The first-order chi connectivity index (χ1) is 9.81. The molecule has 1 N–H and O–H groups in total. The third-order valence-electron chi connectivity index (χ3n) is 2.94. The van der Waals surface area contributed by atoms with E-state index >= 15 is 0 Å². The predicted octanol–water partition coefficient (Wildman–Crippen LogP) is 2.74. The van der Waals surface area contributed by atoms with Crippen molar-refractivity contribution in [1.29, 1.82) is 0 Å². The fraction of sp³-hybridized carbons (Fsp3) is 0.231. The number of aromatic nitrogens is 2.